The fourth-order valence-corrected chi connectivity index (χ4v) is 2.06. The van der Waals surface area contributed by atoms with Crippen molar-refractivity contribution in [3.05, 3.63) is 61.7 Å². The normalized spacial score (nSPS) is 12.6. The molecule has 0 saturated heterocycles. The molecular formula is C23H37F3SiZr-4. The summed E-state index contributed by atoms with van der Waals surface area (Å²) in [5, 5.41) is 0. The zero-order valence-corrected chi connectivity index (χ0v) is 21.6. The molecule has 0 spiro atoms. The second kappa shape index (κ2) is 31.5. The molecule has 0 bridgehead atoms. The van der Waals surface area contributed by atoms with Gasteiger partial charge in [-0.25, -0.2) is 23.8 Å². The molecule has 2 rings (SSSR count). The van der Waals surface area contributed by atoms with Gasteiger partial charge < -0.3 is 20.1 Å². The van der Waals surface area contributed by atoms with Crippen molar-refractivity contribution in [2.75, 3.05) is 0 Å². The van der Waals surface area contributed by atoms with Crippen LogP contribution < -0.4 is 0 Å². The number of rotatable bonds is 8. The first-order chi connectivity index (χ1) is 13.6. The van der Waals surface area contributed by atoms with E-state index in [0.29, 0.717) is 0 Å². The molecule has 0 aromatic rings. The fourth-order valence-electron chi connectivity index (χ4n) is 2.06. The Balaban J connectivity index is -0.000000343. The quantitative estimate of drug-likeness (QED) is 0.185. The molecular weight excluding hydrogens is 453 g/mol. The number of halogens is 3. The second-order valence-corrected chi connectivity index (χ2v) is 5.92. The number of unbranched alkanes of at least 4 members (excludes halogenated alkanes) is 6. The summed E-state index contributed by atoms with van der Waals surface area (Å²) in [5.41, 5.74) is 1.51. The van der Waals surface area contributed by atoms with Gasteiger partial charge in [0, 0.05) is 0 Å². The Morgan fingerprint density at radius 3 is 1.93 bits per heavy atom. The van der Waals surface area contributed by atoms with E-state index in [1.54, 1.807) is 23.3 Å². The fraction of sp³-hybridized carbons (Fsp3) is 0.565. The van der Waals surface area contributed by atoms with E-state index < -0.39 is 6.68 Å². The molecule has 0 atom stereocenters. The third-order valence-corrected chi connectivity index (χ3v) is 3.53. The molecule has 0 aromatic heterocycles. The Hall–Kier alpha value is -0.150. The van der Waals surface area contributed by atoms with Crippen LogP contribution in [0.1, 0.15) is 84.5 Å². The predicted octanol–water partition coefficient (Wildman–Crippen LogP) is 7.78. The Morgan fingerprint density at radius 1 is 1.00 bits per heavy atom. The molecule has 28 heavy (non-hydrogen) atoms. The standard InChI is InChI=1S/C13H21.C5H5.C4H9.CF3.H2Si.Zr/c1-2-3-4-5-6-7-10-13-11-8-9-12-13;1-2-4-5-3-1;1-3-4-2;2-1(3)4;;/h11-12H,2-8,10H2,1H3;1-3H,4H2;1,3-4H2,2H3;;1H2;/q4*-1;;. The van der Waals surface area contributed by atoms with Gasteiger partial charge in [-0.3, -0.25) is 12.2 Å². The summed E-state index contributed by atoms with van der Waals surface area (Å²) < 4.78 is 28.8. The Morgan fingerprint density at radius 2 is 1.57 bits per heavy atom. The van der Waals surface area contributed by atoms with Crippen molar-refractivity contribution in [1.29, 1.82) is 0 Å². The topological polar surface area (TPSA) is 0 Å². The molecule has 0 N–H and O–H groups in total. The molecule has 0 heterocycles. The van der Waals surface area contributed by atoms with E-state index in [-0.39, 0.29) is 0 Å². The van der Waals surface area contributed by atoms with Crippen molar-refractivity contribution in [3.8, 4) is 0 Å². The number of allylic oxidation sites excluding steroid dienone is 8. The van der Waals surface area contributed by atoms with Crippen molar-refractivity contribution in [2.24, 2.45) is 0 Å². The van der Waals surface area contributed by atoms with Crippen LogP contribution in [-0.2, 0) is 23.3 Å². The van der Waals surface area contributed by atoms with Crippen LogP contribution in [0.4, 0.5) is 13.2 Å². The van der Waals surface area contributed by atoms with Crippen LogP contribution in [0.5, 0.6) is 0 Å². The summed E-state index contributed by atoms with van der Waals surface area (Å²) in [6, 6.07) is 0. The SMILES string of the molecule is CCCCCCCCC1=CC[C-]=C1.F[C-](F)F.[C-]1=CC=CC1.[CH2-]CCC.[SiH2]=[Zr]. The zero-order chi connectivity index (χ0) is 21.9. The van der Waals surface area contributed by atoms with Crippen molar-refractivity contribution in [2.45, 2.75) is 84.5 Å². The molecule has 5 heteroatoms. The van der Waals surface area contributed by atoms with E-state index in [9.17, 15) is 13.2 Å². The van der Waals surface area contributed by atoms with Gasteiger partial charge in [0.05, 0.1) is 0 Å². The van der Waals surface area contributed by atoms with Crippen molar-refractivity contribution in [3.63, 3.8) is 0 Å². The minimum atomic E-state index is -3.08. The van der Waals surface area contributed by atoms with E-state index in [1.807, 2.05) is 19.0 Å². The third-order valence-electron chi connectivity index (χ3n) is 3.53. The first kappa shape index (κ1) is 32.5. The zero-order valence-electron chi connectivity index (χ0n) is 17.7. The summed E-state index contributed by atoms with van der Waals surface area (Å²) in [5.74, 6) is 0. The maximum absolute atomic E-state index is 9.58. The molecule has 0 unspecified atom stereocenters. The minimum absolute atomic E-state index is 1.01. The van der Waals surface area contributed by atoms with E-state index in [4.69, 9.17) is 0 Å². The molecule has 0 aliphatic heterocycles. The molecule has 0 fully saturated rings. The molecule has 2 aliphatic carbocycles. The first-order valence-electron chi connectivity index (χ1n) is 10.0. The van der Waals surface area contributed by atoms with E-state index in [1.165, 1.54) is 56.9 Å². The molecule has 0 aromatic carbocycles. The molecule has 0 amide bonds. The summed E-state index contributed by atoms with van der Waals surface area (Å²) in [6.07, 6.45) is 30.7. The van der Waals surface area contributed by atoms with Crippen molar-refractivity contribution < 1.29 is 36.5 Å². The first-order valence-corrected chi connectivity index (χ1v) is 16.0. The van der Waals surface area contributed by atoms with Gasteiger partial charge in [0.15, 0.2) is 6.68 Å². The van der Waals surface area contributed by atoms with Gasteiger partial charge in [0.1, 0.15) is 0 Å². The predicted molar refractivity (Wildman–Crippen MR) is 115 cm³/mol. The molecule has 0 radical (unpaired) electrons. The van der Waals surface area contributed by atoms with Gasteiger partial charge in [-0.1, -0.05) is 65.2 Å². The average Bonchev–Trinajstić information content (AvgIpc) is 3.43. The monoisotopic (exact) mass is 488 g/mol. The summed E-state index contributed by atoms with van der Waals surface area (Å²) in [6.45, 7) is 6.86. The molecule has 162 valence electrons. The Bertz CT molecular complexity index is 390. The van der Waals surface area contributed by atoms with E-state index >= 15 is 0 Å². The third kappa shape index (κ3) is 36.7. The van der Waals surface area contributed by atoms with Gasteiger partial charge in [-0.05, 0) is 0 Å². The Kier molecular flexibility index (Phi) is 36.6. The van der Waals surface area contributed by atoms with Crippen LogP contribution in [0, 0.1) is 25.8 Å². The number of hydrogen-bond acceptors (Lipinski definition) is 0. The maximum atomic E-state index is 9.58. The van der Waals surface area contributed by atoms with Crippen LogP contribution in [0.25, 0.3) is 0 Å². The van der Waals surface area contributed by atoms with Crippen LogP contribution in [0.2, 0.25) is 0 Å². The van der Waals surface area contributed by atoms with Crippen molar-refractivity contribution >= 4 is 6.88 Å². The van der Waals surface area contributed by atoms with Gasteiger partial charge in [-0.2, -0.15) is 18.6 Å². The summed E-state index contributed by atoms with van der Waals surface area (Å²) in [7, 11) is 0. The van der Waals surface area contributed by atoms with Gasteiger partial charge in [0.2, 0.25) is 0 Å². The van der Waals surface area contributed by atoms with Crippen LogP contribution in [0.3, 0.4) is 0 Å². The molecule has 0 nitrogen and oxygen atoms in total. The Labute approximate surface area is 189 Å². The van der Waals surface area contributed by atoms with Gasteiger partial charge in [-0.15, -0.1) is 12.8 Å². The molecule has 0 saturated carbocycles. The van der Waals surface area contributed by atoms with Crippen LogP contribution >= 0.6 is 0 Å². The van der Waals surface area contributed by atoms with Gasteiger partial charge >= 0.3 is 30.2 Å². The summed E-state index contributed by atoms with van der Waals surface area (Å²) in [4.78, 5) is 0. The van der Waals surface area contributed by atoms with Crippen LogP contribution in [-0.4, -0.2) is 6.88 Å². The average molecular weight is 490 g/mol. The summed E-state index contributed by atoms with van der Waals surface area (Å²) >= 11 is 1.58. The molecule has 2 aliphatic rings. The van der Waals surface area contributed by atoms with Crippen molar-refractivity contribution in [1.82, 2.24) is 0 Å². The van der Waals surface area contributed by atoms with Gasteiger partial charge in [0.25, 0.3) is 0 Å². The second-order valence-electron chi connectivity index (χ2n) is 5.92. The number of hydrogen-bond donors (Lipinski definition) is 0. The van der Waals surface area contributed by atoms with E-state index in [0.717, 1.165) is 19.3 Å². The van der Waals surface area contributed by atoms with Crippen LogP contribution in [0.15, 0.2) is 36.0 Å². The van der Waals surface area contributed by atoms with E-state index in [2.05, 4.69) is 51.2 Å².